The van der Waals surface area contributed by atoms with Gasteiger partial charge >= 0.3 is 6.18 Å². The average molecular weight is 399 g/mol. The maximum atomic E-state index is 14.0. The molecule has 9 heteroatoms. The van der Waals surface area contributed by atoms with Gasteiger partial charge in [-0.3, -0.25) is 4.79 Å². The summed E-state index contributed by atoms with van der Waals surface area (Å²) in [4.78, 5) is 15.1. The van der Waals surface area contributed by atoms with Gasteiger partial charge in [-0.05, 0) is 37.0 Å². The van der Waals surface area contributed by atoms with Gasteiger partial charge in [0.05, 0.1) is 16.6 Å². The number of nitrogens with two attached hydrogens (primary N) is 1. The maximum Gasteiger partial charge on any atom is 0.477 e. The number of aryl methyl sites for hydroxylation is 1. The fourth-order valence-electron chi connectivity index (χ4n) is 3.52. The van der Waals surface area contributed by atoms with Crippen LogP contribution in [0.4, 0.5) is 27.6 Å². The average Bonchev–Trinajstić information content (AvgIpc) is 3.17. The fourth-order valence-corrected chi connectivity index (χ4v) is 4.63. The number of hydrogen-bond acceptors (Lipinski definition) is 3. The molecule has 140 valence electrons. The molecule has 4 rings (SSSR count). The second-order valence-electron chi connectivity index (χ2n) is 6.31. The van der Waals surface area contributed by atoms with Gasteiger partial charge in [0.15, 0.2) is 0 Å². The topological polar surface area (TPSA) is 57.2 Å². The quantitative estimate of drug-likeness (QED) is 0.516. The van der Waals surface area contributed by atoms with E-state index in [0.29, 0.717) is 29.9 Å². The van der Waals surface area contributed by atoms with E-state index < -0.39 is 29.3 Å². The number of benzene rings is 1. The summed E-state index contributed by atoms with van der Waals surface area (Å²) in [5.74, 6) is -2.68. The number of H-pyrrole nitrogens is 1. The molecule has 0 radical (unpaired) electrons. The van der Waals surface area contributed by atoms with Gasteiger partial charge < -0.3 is 5.73 Å². The van der Waals surface area contributed by atoms with E-state index in [4.69, 9.17) is 5.73 Å². The third-order valence-corrected chi connectivity index (χ3v) is 5.79. The Morgan fingerprint density at radius 3 is 2.52 bits per heavy atom. The lowest BCUT2D eigenvalue weighted by atomic mass is 10.0. The van der Waals surface area contributed by atoms with Crippen LogP contribution in [0, 0.1) is 11.6 Å². The molecule has 0 saturated carbocycles. The molecule has 0 unspecified atom stereocenters. The maximum absolute atomic E-state index is 14.0. The van der Waals surface area contributed by atoms with Gasteiger partial charge in [0.1, 0.15) is 16.5 Å². The highest BCUT2D eigenvalue weighted by molar-refractivity contribution is 7.21. The van der Waals surface area contributed by atoms with Gasteiger partial charge in [-0.25, -0.2) is 8.78 Å². The standard InChI is InChI=1S/C18H11F5N2OS/c19-7-4-5-10(11(20)6-7)14(26)15-13(24)12-8-2-1-3-9(8)16(18(21,22)23)25-17(12)27-15/h4-6H,1-3,24H2/p+1. The van der Waals surface area contributed by atoms with E-state index in [1.807, 2.05) is 0 Å². The van der Waals surface area contributed by atoms with Gasteiger partial charge in [0, 0.05) is 11.6 Å². The van der Waals surface area contributed by atoms with Crippen molar-refractivity contribution in [2.45, 2.75) is 25.4 Å². The highest BCUT2D eigenvalue weighted by Gasteiger charge is 2.44. The zero-order valence-electron chi connectivity index (χ0n) is 13.6. The highest BCUT2D eigenvalue weighted by atomic mass is 32.1. The minimum Gasteiger partial charge on any atom is -0.397 e. The highest BCUT2D eigenvalue weighted by Crippen LogP contribution is 2.42. The first kappa shape index (κ1) is 17.8. The second-order valence-corrected chi connectivity index (χ2v) is 7.33. The number of nitrogen functional groups attached to an aromatic ring is 1. The lowest BCUT2D eigenvalue weighted by molar-refractivity contribution is -0.397. The van der Waals surface area contributed by atoms with E-state index in [0.717, 1.165) is 23.5 Å². The molecule has 0 atom stereocenters. The zero-order chi connectivity index (χ0) is 19.5. The molecule has 0 aliphatic heterocycles. The van der Waals surface area contributed by atoms with Crippen molar-refractivity contribution in [2.24, 2.45) is 0 Å². The van der Waals surface area contributed by atoms with Crippen LogP contribution in [0.5, 0.6) is 0 Å². The van der Waals surface area contributed by atoms with Crippen LogP contribution >= 0.6 is 11.3 Å². The Morgan fingerprint density at radius 2 is 1.85 bits per heavy atom. The van der Waals surface area contributed by atoms with Crippen LogP contribution in [0.3, 0.4) is 0 Å². The van der Waals surface area contributed by atoms with Crippen LogP contribution in [0.1, 0.15) is 38.5 Å². The van der Waals surface area contributed by atoms with E-state index in [1.165, 1.54) is 0 Å². The predicted molar refractivity (Wildman–Crippen MR) is 89.6 cm³/mol. The summed E-state index contributed by atoms with van der Waals surface area (Å²) in [6.45, 7) is 0. The van der Waals surface area contributed by atoms with Crippen LogP contribution in [-0.2, 0) is 19.0 Å². The number of pyridine rings is 1. The van der Waals surface area contributed by atoms with Crippen LogP contribution in [0.25, 0.3) is 10.2 Å². The first-order valence-corrected chi connectivity index (χ1v) is 8.86. The molecule has 3 N–H and O–H groups in total. The molecule has 2 aromatic heterocycles. The molecule has 0 spiro atoms. The van der Waals surface area contributed by atoms with Crippen molar-refractivity contribution in [2.75, 3.05) is 5.73 Å². The number of halogens is 5. The lowest BCUT2D eigenvalue weighted by Gasteiger charge is -2.07. The molecule has 27 heavy (non-hydrogen) atoms. The SMILES string of the molecule is Nc1c(C(=O)c2ccc(F)cc2F)sc2[nH+]c(C(F)(F)F)c3c(c12)CCC3. The minimum absolute atomic E-state index is 0.0202. The first-order chi connectivity index (χ1) is 12.7. The fraction of sp³-hybridized carbons (Fsp3) is 0.222. The Kier molecular flexibility index (Phi) is 3.95. The van der Waals surface area contributed by atoms with Crippen LogP contribution < -0.4 is 10.7 Å². The molecule has 0 fully saturated rings. The molecule has 0 saturated heterocycles. The van der Waals surface area contributed by atoms with Crippen molar-refractivity contribution in [1.29, 1.82) is 0 Å². The van der Waals surface area contributed by atoms with Crippen molar-refractivity contribution in [3.8, 4) is 0 Å². The summed E-state index contributed by atoms with van der Waals surface area (Å²) in [6, 6.07) is 2.50. The summed E-state index contributed by atoms with van der Waals surface area (Å²) in [5, 5.41) is 0.381. The Morgan fingerprint density at radius 1 is 1.15 bits per heavy atom. The van der Waals surface area contributed by atoms with Crippen molar-refractivity contribution in [3.05, 3.63) is 57.1 Å². The summed E-state index contributed by atoms with van der Waals surface area (Å²) in [6.07, 6.45) is -3.32. The Labute approximate surface area is 153 Å². The number of fused-ring (bicyclic) bond motifs is 3. The Hall–Kier alpha value is -2.55. The van der Waals surface area contributed by atoms with Crippen molar-refractivity contribution in [3.63, 3.8) is 0 Å². The molecule has 1 aliphatic rings. The summed E-state index contributed by atoms with van der Waals surface area (Å²) < 4.78 is 67.2. The number of carbonyl (C=O) groups excluding carboxylic acids is 1. The monoisotopic (exact) mass is 399 g/mol. The van der Waals surface area contributed by atoms with Crippen LogP contribution in [-0.4, -0.2) is 5.78 Å². The predicted octanol–water partition coefficient (Wildman–Crippen LogP) is 4.31. The molecular formula is C18H12F5N2OS+. The van der Waals surface area contributed by atoms with Gasteiger partial charge in [-0.15, -0.1) is 0 Å². The zero-order valence-corrected chi connectivity index (χ0v) is 14.5. The molecule has 3 nitrogen and oxygen atoms in total. The second kappa shape index (κ2) is 5.98. The lowest BCUT2D eigenvalue weighted by Crippen LogP contribution is -2.24. The van der Waals surface area contributed by atoms with Gasteiger partial charge in [0.25, 0.3) is 10.5 Å². The number of hydrogen-bond donors (Lipinski definition) is 1. The molecule has 0 bridgehead atoms. The number of alkyl halides is 3. The molecular weight excluding hydrogens is 387 g/mol. The largest absolute Gasteiger partial charge is 0.477 e. The minimum atomic E-state index is -4.56. The number of rotatable bonds is 2. The van der Waals surface area contributed by atoms with Gasteiger partial charge in [0.2, 0.25) is 5.78 Å². The molecule has 2 heterocycles. The van der Waals surface area contributed by atoms with E-state index in [1.54, 1.807) is 0 Å². The third-order valence-electron chi connectivity index (χ3n) is 4.67. The molecule has 3 aromatic rings. The normalized spacial score (nSPS) is 14.0. The Bertz CT molecular complexity index is 1100. The van der Waals surface area contributed by atoms with Crippen molar-refractivity contribution >= 4 is 33.0 Å². The Balaban J connectivity index is 1.94. The van der Waals surface area contributed by atoms with Crippen molar-refractivity contribution < 1.29 is 31.7 Å². The van der Waals surface area contributed by atoms with E-state index in [9.17, 15) is 26.7 Å². The van der Waals surface area contributed by atoms with Crippen LogP contribution in [0.2, 0.25) is 0 Å². The molecule has 1 aromatic carbocycles. The molecule has 0 amide bonds. The summed E-state index contributed by atoms with van der Waals surface area (Å²) in [5.41, 5.74) is 5.51. The summed E-state index contributed by atoms with van der Waals surface area (Å²) in [7, 11) is 0. The number of aromatic amines is 1. The number of nitrogens with one attached hydrogen (secondary N) is 1. The number of ketones is 1. The van der Waals surface area contributed by atoms with Crippen LogP contribution in [0.15, 0.2) is 18.2 Å². The first-order valence-electron chi connectivity index (χ1n) is 8.04. The summed E-state index contributed by atoms with van der Waals surface area (Å²) >= 11 is 0.746. The number of thiophene rings is 1. The molecule has 1 aliphatic carbocycles. The smallest absolute Gasteiger partial charge is 0.397 e. The number of anilines is 1. The van der Waals surface area contributed by atoms with E-state index >= 15 is 0 Å². The van der Waals surface area contributed by atoms with Gasteiger partial charge in [-0.1, -0.05) is 11.3 Å². The third kappa shape index (κ3) is 2.77. The van der Waals surface area contributed by atoms with E-state index in [2.05, 4.69) is 4.98 Å². The van der Waals surface area contributed by atoms with E-state index in [-0.39, 0.29) is 32.9 Å². The number of carbonyl (C=O) groups is 1. The van der Waals surface area contributed by atoms with Crippen molar-refractivity contribution in [1.82, 2.24) is 0 Å². The van der Waals surface area contributed by atoms with Gasteiger partial charge in [-0.2, -0.15) is 18.2 Å². The number of aromatic nitrogens is 1.